The molecule has 0 heterocycles. The molecule has 0 aromatic heterocycles. The van der Waals surface area contributed by atoms with Gasteiger partial charge in [-0.3, -0.25) is 0 Å². The number of methoxy groups -OCH3 is 3. The third-order valence-corrected chi connectivity index (χ3v) is 2.78. The van der Waals surface area contributed by atoms with Crippen LogP contribution in [-0.4, -0.2) is 39.0 Å². The van der Waals surface area contributed by atoms with Crippen molar-refractivity contribution < 1.29 is 31.8 Å². The molecule has 1 rings (SSSR count). The summed E-state index contributed by atoms with van der Waals surface area (Å²) >= 11 is 5.42. The lowest BCUT2D eigenvalue weighted by molar-refractivity contribution is -0.337. The van der Waals surface area contributed by atoms with E-state index in [1.807, 2.05) is 0 Å². The number of alkyl halides is 4. The Bertz CT molecular complexity index is 325. The molecular formula is C8H9ClF4O3. The van der Waals surface area contributed by atoms with Crippen molar-refractivity contribution in [2.45, 2.75) is 17.6 Å². The highest BCUT2D eigenvalue weighted by molar-refractivity contribution is 6.31. The van der Waals surface area contributed by atoms with Crippen molar-refractivity contribution in [3.05, 3.63) is 10.8 Å². The quantitative estimate of drug-likeness (QED) is 0.578. The van der Waals surface area contributed by atoms with Gasteiger partial charge in [0, 0.05) is 14.2 Å². The molecule has 0 unspecified atom stereocenters. The minimum atomic E-state index is -4.66. The SMILES string of the molecule is COC1=C(Cl)C(OC)(OC)C(F)(F)C1(F)F. The zero-order chi connectivity index (χ0) is 12.8. The molecular weight excluding hydrogens is 256 g/mol. The van der Waals surface area contributed by atoms with Gasteiger partial charge in [-0.2, -0.15) is 17.6 Å². The Balaban J connectivity index is 3.48. The Morgan fingerprint density at radius 1 is 1.00 bits per heavy atom. The summed E-state index contributed by atoms with van der Waals surface area (Å²) in [4.78, 5) is 0. The smallest absolute Gasteiger partial charge is 0.375 e. The van der Waals surface area contributed by atoms with Gasteiger partial charge in [-0.05, 0) is 0 Å². The number of hydrogen-bond acceptors (Lipinski definition) is 3. The summed E-state index contributed by atoms with van der Waals surface area (Å²) in [6.07, 6.45) is 0. The number of rotatable bonds is 3. The lowest BCUT2D eigenvalue weighted by Gasteiger charge is -2.33. The van der Waals surface area contributed by atoms with Gasteiger partial charge in [-0.25, -0.2) is 0 Å². The van der Waals surface area contributed by atoms with Gasteiger partial charge in [0.05, 0.1) is 7.11 Å². The molecule has 16 heavy (non-hydrogen) atoms. The van der Waals surface area contributed by atoms with Gasteiger partial charge in [0.25, 0.3) is 5.79 Å². The molecule has 0 saturated carbocycles. The van der Waals surface area contributed by atoms with Crippen LogP contribution in [0.1, 0.15) is 0 Å². The van der Waals surface area contributed by atoms with E-state index >= 15 is 0 Å². The van der Waals surface area contributed by atoms with E-state index in [9.17, 15) is 17.6 Å². The topological polar surface area (TPSA) is 27.7 Å². The second-order valence-electron chi connectivity index (χ2n) is 3.02. The fourth-order valence-electron chi connectivity index (χ4n) is 1.51. The molecule has 1 aliphatic rings. The third-order valence-electron chi connectivity index (χ3n) is 2.36. The van der Waals surface area contributed by atoms with Crippen LogP contribution in [0.15, 0.2) is 10.8 Å². The molecule has 94 valence electrons. The first-order valence-electron chi connectivity index (χ1n) is 4.03. The van der Waals surface area contributed by atoms with Crippen molar-refractivity contribution in [1.29, 1.82) is 0 Å². The molecule has 0 saturated heterocycles. The first-order valence-corrected chi connectivity index (χ1v) is 4.41. The minimum absolute atomic E-state index is 0.786. The highest BCUT2D eigenvalue weighted by atomic mass is 35.5. The van der Waals surface area contributed by atoms with Crippen LogP contribution in [0.3, 0.4) is 0 Å². The van der Waals surface area contributed by atoms with Crippen LogP contribution in [0.5, 0.6) is 0 Å². The molecule has 8 heteroatoms. The maximum Gasteiger partial charge on any atom is 0.375 e. The van der Waals surface area contributed by atoms with Crippen LogP contribution in [0.2, 0.25) is 0 Å². The van der Waals surface area contributed by atoms with Crippen molar-refractivity contribution in [3.63, 3.8) is 0 Å². The lowest BCUT2D eigenvalue weighted by Crippen LogP contribution is -2.56. The predicted molar refractivity (Wildman–Crippen MR) is 46.5 cm³/mol. The van der Waals surface area contributed by atoms with Crippen LogP contribution in [-0.2, 0) is 14.2 Å². The second kappa shape index (κ2) is 3.75. The summed E-state index contributed by atoms with van der Waals surface area (Å²) in [5.41, 5.74) is 0. The Labute approximate surface area is 93.9 Å². The van der Waals surface area contributed by atoms with Gasteiger partial charge >= 0.3 is 11.8 Å². The molecule has 0 bridgehead atoms. The van der Waals surface area contributed by atoms with Gasteiger partial charge in [-0.15, -0.1) is 0 Å². The van der Waals surface area contributed by atoms with E-state index < -0.39 is 28.4 Å². The molecule has 0 spiro atoms. The zero-order valence-corrected chi connectivity index (χ0v) is 9.37. The van der Waals surface area contributed by atoms with Gasteiger partial charge < -0.3 is 14.2 Å². The first kappa shape index (κ1) is 13.5. The average Bonchev–Trinajstić information content (AvgIpc) is 2.30. The van der Waals surface area contributed by atoms with E-state index in [0.29, 0.717) is 0 Å². The second-order valence-corrected chi connectivity index (χ2v) is 3.40. The summed E-state index contributed by atoms with van der Waals surface area (Å²) in [5, 5.41) is -1.00. The lowest BCUT2D eigenvalue weighted by atomic mass is 10.1. The molecule has 0 radical (unpaired) electrons. The van der Waals surface area contributed by atoms with Crippen molar-refractivity contribution >= 4 is 11.6 Å². The van der Waals surface area contributed by atoms with Gasteiger partial charge in [0.1, 0.15) is 5.03 Å². The monoisotopic (exact) mass is 264 g/mol. The molecule has 3 nitrogen and oxygen atoms in total. The van der Waals surface area contributed by atoms with Crippen LogP contribution in [0.25, 0.3) is 0 Å². The van der Waals surface area contributed by atoms with Crippen LogP contribution in [0.4, 0.5) is 17.6 Å². The summed E-state index contributed by atoms with van der Waals surface area (Å²) in [7, 11) is 2.38. The fourth-order valence-corrected chi connectivity index (χ4v) is 1.98. The zero-order valence-electron chi connectivity index (χ0n) is 8.61. The van der Waals surface area contributed by atoms with Crippen molar-refractivity contribution in [2.75, 3.05) is 21.3 Å². The summed E-state index contributed by atoms with van der Waals surface area (Å²) < 4.78 is 66.5. The van der Waals surface area contributed by atoms with Crippen LogP contribution < -0.4 is 0 Å². The molecule has 1 aliphatic carbocycles. The highest BCUT2D eigenvalue weighted by Crippen LogP contribution is 2.59. The Morgan fingerprint density at radius 2 is 1.44 bits per heavy atom. The Morgan fingerprint density at radius 3 is 1.62 bits per heavy atom. The van der Waals surface area contributed by atoms with E-state index in [4.69, 9.17) is 11.6 Å². The Hall–Kier alpha value is -0.530. The molecule has 0 aliphatic heterocycles. The van der Waals surface area contributed by atoms with E-state index in [1.54, 1.807) is 0 Å². The van der Waals surface area contributed by atoms with Crippen molar-refractivity contribution in [1.82, 2.24) is 0 Å². The number of allylic oxidation sites excluding steroid dienone is 1. The van der Waals surface area contributed by atoms with E-state index in [1.165, 1.54) is 0 Å². The summed E-state index contributed by atoms with van der Waals surface area (Å²) in [6.45, 7) is 0. The normalized spacial score (nSPS) is 26.0. The van der Waals surface area contributed by atoms with Gasteiger partial charge in [0.2, 0.25) is 0 Å². The third kappa shape index (κ3) is 1.22. The molecule has 0 aromatic rings. The molecule has 0 aromatic carbocycles. The van der Waals surface area contributed by atoms with Crippen LogP contribution in [0, 0.1) is 0 Å². The average molecular weight is 265 g/mol. The van der Waals surface area contributed by atoms with Crippen molar-refractivity contribution in [2.24, 2.45) is 0 Å². The maximum absolute atomic E-state index is 13.5. The van der Waals surface area contributed by atoms with Gasteiger partial charge in [-0.1, -0.05) is 11.6 Å². The molecule has 0 fully saturated rings. The van der Waals surface area contributed by atoms with Gasteiger partial charge in [0.15, 0.2) is 5.76 Å². The Kier molecular flexibility index (Phi) is 3.17. The predicted octanol–water partition coefficient (Wildman–Crippen LogP) is 2.36. The highest BCUT2D eigenvalue weighted by Gasteiger charge is 2.80. The number of hydrogen-bond donors (Lipinski definition) is 0. The summed E-state index contributed by atoms with van der Waals surface area (Å²) in [6, 6.07) is 0. The standard InChI is InChI=1S/C8H9ClF4O3/c1-14-5-4(9)7(15-2,16-3)8(12,13)6(5,10)11/h1-3H3. The maximum atomic E-state index is 13.5. The summed E-state index contributed by atoms with van der Waals surface area (Å²) in [5.74, 6) is -13.6. The van der Waals surface area contributed by atoms with E-state index in [-0.39, 0.29) is 0 Å². The molecule has 0 atom stereocenters. The fraction of sp³-hybridized carbons (Fsp3) is 0.750. The minimum Gasteiger partial charge on any atom is -0.493 e. The first-order chi connectivity index (χ1) is 7.22. The largest absolute Gasteiger partial charge is 0.493 e. The molecule has 0 N–H and O–H groups in total. The van der Waals surface area contributed by atoms with E-state index in [0.717, 1.165) is 21.3 Å². The number of ether oxygens (including phenoxy) is 3. The van der Waals surface area contributed by atoms with E-state index in [2.05, 4.69) is 14.2 Å². The van der Waals surface area contributed by atoms with Crippen molar-refractivity contribution in [3.8, 4) is 0 Å². The number of halogens is 5. The van der Waals surface area contributed by atoms with Crippen LogP contribution >= 0.6 is 11.6 Å². The molecule has 0 amide bonds.